The number of nitrogens with one attached hydrogen (secondary N) is 1. The van der Waals surface area contributed by atoms with Crippen LogP contribution in [-0.4, -0.2) is 58.0 Å². The molecule has 1 N–H and O–H groups in total. The summed E-state index contributed by atoms with van der Waals surface area (Å²) in [6.07, 6.45) is 0.829. The predicted octanol–water partition coefficient (Wildman–Crippen LogP) is -0.731. The van der Waals surface area contributed by atoms with Crippen molar-refractivity contribution in [2.75, 3.05) is 33.4 Å². The van der Waals surface area contributed by atoms with Crippen LogP contribution in [0, 0.1) is 5.92 Å². The van der Waals surface area contributed by atoms with Crippen molar-refractivity contribution in [2.45, 2.75) is 19.8 Å². The molecule has 8 nitrogen and oxygen atoms in total. The number of hydrogen-bond acceptors (Lipinski definition) is 6. The van der Waals surface area contributed by atoms with E-state index in [1.54, 1.807) is 6.92 Å². The Kier molecular flexibility index (Phi) is 6.37. The number of carbonyl (C=O) groups is 2. The molecule has 1 rings (SSSR count). The quantitative estimate of drug-likeness (QED) is 0.649. The molecule has 0 aliphatic carbocycles. The van der Waals surface area contributed by atoms with E-state index in [4.69, 9.17) is 4.74 Å². The Labute approximate surface area is 118 Å². The van der Waals surface area contributed by atoms with Crippen LogP contribution in [0.4, 0.5) is 0 Å². The van der Waals surface area contributed by atoms with Gasteiger partial charge in [0.15, 0.2) is 0 Å². The van der Waals surface area contributed by atoms with E-state index in [9.17, 15) is 18.0 Å². The van der Waals surface area contributed by atoms with Crippen LogP contribution >= 0.6 is 0 Å². The van der Waals surface area contributed by atoms with Crippen molar-refractivity contribution < 1.29 is 27.5 Å². The molecule has 9 heteroatoms. The standard InChI is InChI=1S/C11H20N2O6S/c1-3-19-11(15)9-4-6-13(7-5-9)20(16,17)12-8-10(14)18-2/h9,12H,3-8H2,1-2H3. The van der Waals surface area contributed by atoms with Gasteiger partial charge >= 0.3 is 11.9 Å². The number of carbonyl (C=O) groups excluding carboxylic acids is 2. The smallest absolute Gasteiger partial charge is 0.320 e. The number of ether oxygens (including phenoxy) is 2. The van der Waals surface area contributed by atoms with E-state index in [0.29, 0.717) is 19.4 Å². The van der Waals surface area contributed by atoms with Crippen LogP contribution in [0.25, 0.3) is 0 Å². The molecule has 0 aromatic carbocycles. The highest BCUT2D eigenvalue weighted by Gasteiger charge is 2.31. The van der Waals surface area contributed by atoms with Crippen LogP contribution in [0.2, 0.25) is 0 Å². The molecule has 1 heterocycles. The third-order valence-corrected chi connectivity index (χ3v) is 4.59. The van der Waals surface area contributed by atoms with Gasteiger partial charge in [-0.05, 0) is 19.8 Å². The summed E-state index contributed by atoms with van der Waals surface area (Å²) < 4.78 is 36.4. The Bertz CT molecular complexity index is 442. The fraction of sp³-hybridized carbons (Fsp3) is 0.818. The van der Waals surface area contributed by atoms with Crippen LogP contribution in [0.3, 0.4) is 0 Å². The van der Waals surface area contributed by atoms with Crippen LogP contribution in [-0.2, 0) is 29.3 Å². The lowest BCUT2D eigenvalue weighted by Crippen LogP contribution is -2.47. The summed E-state index contributed by atoms with van der Waals surface area (Å²) in [6.45, 7) is 2.09. The lowest BCUT2D eigenvalue weighted by Gasteiger charge is -2.29. The second-order valence-corrected chi connectivity index (χ2v) is 6.08. The molecule has 116 valence electrons. The second-order valence-electron chi connectivity index (χ2n) is 4.33. The summed E-state index contributed by atoms with van der Waals surface area (Å²) in [5.74, 6) is -1.20. The first-order valence-corrected chi connectivity index (χ1v) is 7.83. The number of rotatable bonds is 6. The van der Waals surface area contributed by atoms with E-state index >= 15 is 0 Å². The summed E-state index contributed by atoms with van der Waals surface area (Å²) >= 11 is 0. The lowest BCUT2D eigenvalue weighted by atomic mass is 9.98. The summed E-state index contributed by atoms with van der Waals surface area (Å²) in [4.78, 5) is 22.5. The summed E-state index contributed by atoms with van der Waals surface area (Å²) in [7, 11) is -2.54. The van der Waals surface area contributed by atoms with Gasteiger partial charge in [-0.1, -0.05) is 0 Å². The Balaban J connectivity index is 2.47. The Hall–Kier alpha value is -1.19. The minimum atomic E-state index is -3.72. The third-order valence-electron chi connectivity index (χ3n) is 3.04. The maximum absolute atomic E-state index is 11.9. The highest BCUT2D eigenvalue weighted by Crippen LogP contribution is 2.20. The molecule has 0 saturated carbocycles. The largest absolute Gasteiger partial charge is 0.468 e. The fourth-order valence-electron chi connectivity index (χ4n) is 1.91. The van der Waals surface area contributed by atoms with E-state index in [1.807, 2.05) is 0 Å². The lowest BCUT2D eigenvalue weighted by molar-refractivity contribution is -0.149. The Morgan fingerprint density at radius 3 is 2.40 bits per heavy atom. The van der Waals surface area contributed by atoms with Crippen LogP contribution in [0.15, 0.2) is 0 Å². The molecule has 0 aromatic rings. The zero-order chi connectivity index (χ0) is 15.2. The third kappa shape index (κ3) is 4.73. The molecule has 0 bridgehead atoms. The van der Waals surface area contributed by atoms with Gasteiger partial charge < -0.3 is 9.47 Å². The van der Waals surface area contributed by atoms with Gasteiger partial charge in [0, 0.05) is 13.1 Å². The van der Waals surface area contributed by atoms with Gasteiger partial charge in [-0.15, -0.1) is 0 Å². The van der Waals surface area contributed by atoms with Gasteiger partial charge in [-0.3, -0.25) is 9.59 Å². The minimum Gasteiger partial charge on any atom is -0.468 e. The topological polar surface area (TPSA) is 102 Å². The summed E-state index contributed by atoms with van der Waals surface area (Å²) in [5, 5.41) is 0. The average Bonchev–Trinajstić information content (AvgIpc) is 2.45. The Morgan fingerprint density at radius 2 is 1.90 bits per heavy atom. The van der Waals surface area contributed by atoms with E-state index in [1.165, 1.54) is 11.4 Å². The van der Waals surface area contributed by atoms with Gasteiger partial charge in [0.25, 0.3) is 10.2 Å². The molecule has 0 amide bonds. The van der Waals surface area contributed by atoms with Crippen molar-refractivity contribution in [3.63, 3.8) is 0 Å². The monoisotopic (exact) mass is 308 g/mol. The zero-order valence-electron chi connectivity index (χ0n) is 11.6. The van der Waals surface area contributed by atoms with Gasteiger partial charge in [0.1, 0.15) is 6.54 Å². The fourth-order valence-corrected chi connectivity index (χ4v) is 3.08. The van der Waals surface area contributed by atoms with E-state index in [2.05, 4.69) is 9.46 Å². The molecule has 0 unspecified atom stereocenters. The Morgan fingerprint density at radius 1 is 1.30 bits per heavy atom. The number of esters is 2. The van der Waals surface area contributed by atoms with Gasteiger partial charge in [-0.2, -0.15) is 17.4 Å². The average molecular weight is 308 g/mol. The molecule has 1 aliphatic rings. The maximum atomic E-state index is 11.9. The second kappa shape index (κ2) is 7.55. The van der Waals surface area contributed by atoms with Crippen molar-refractivity contribution >= 4 is 22.1 Å². The van der Waals surface area contributed by atoms with Crippen molar-refractivity contribution in [1.29, 1.82) is 0 Å². The highest BCUT2D eigenvalue weighted by molar-refractivity contribution is 7.87. The summed E-state index contributed by atoms with van der Waals surface area (Å²) in [5.41, 5.74) is 0. The normalized spacial score (nSPS) is 17.7. The first-order valence-electron chi connectivity index (χ1n) is 6.39. The van der Waals surface area contributed by atoms with Crippen molar-refractivity contribution in [3.8, 4) is 0 Å². The molecule has 0 spiro atoms. The van der Waals surface area contributed by atoms with Crippen molar-refractivity contribution in [3.05, 3.63) is 0 Å². The molecule has 0 radical (unpaired) electrons. The minimum absolute atomic E-state index is 0.222. The van der Waals surface area contributed by atoms with Crippen LogP contribution in [0.1, 0.15) is 19.8 Å². The number of methoxy groups -OCH3 is 1. The molecular formula is C11H20N2O6S. The van der Waals surface area contributed by atoms with Crippen molar-refractivity contribution in [1.82, 2.24) is 9.03 Å². The molecule has 0 atom stereocenters. The number of piperidine rings is 1. The van der Waals surface area contributed by atoms with Gasteiger partial charge in [0.05, 0.1) is 19.6 Å². The predicted molar refractivity (Wildman–Crippen MR) is 69.9 cm³/mol. The van der Waals surface area contributed by atoms with E-state index in [0.717, 1.165) is 0 Å². The summed E-state index contributed by atoms with van der Waals surface area (Å²) in [6, 6.07) is 0. The number of hydrogen-bond donors (Lipinski definition) is 1. The zero-order valence-corrected chi connectivity index (χ0v) is 12.4. The molecule has 1 aliphatic heterocycles. The van der Waals surface area contributed by atoms with Crippen LogP contribution in [0.5, 0.6) is 0 Å². The first-order chi connectivity index (χ1) is 9.40. The first kappa shape index (κ1) is 16.9. The van der Waals surface area contributed by atoms with Crippen LogP contribution < -0.4 is 4.72 Å². The maximum Gasteiger partial charge on any atom is 0.320 e. The molecular weight excluding hydrogens is 288 g/mol. The van der Waals surface area contributed by atoms with Crippen molar-refractivity contribution in [2.24, 2.45) is 5.92 Å². The van der Waals surface area contributed by atoms with Gasteiger partial charge in [-0.25, -0.2) is 0 Å². The van der Waals surface area contributed by atoms with E-state index in [-0.39, 0.29) is 25.0 Å². The molecule has 20 heavy (non-hydrogen) atoms. The molecule has 1 fully saturated rings. The molecule has 1 saturated heterocycles. The van der Waals surface area contributed by atoms with Gasteiger partial charge in [0.2, 0.25) is 0 Å². The highest BCUT2D eigenvalue weighted by atomic mass is 32.2. The SMILES string of the molecule is CCOC(=O)C1CCN(S(=O)(=O)NCC(=O)OC)CC1. The number of nitrogens with zero attached hydrogens (tertiary/aromatic N) is 1. The molecule has 0 aromatic heterocycles. The van der Waals surface area contributed by atoms with E-state index < -0.39 is 22.7 Å².